The van der Waals surface area contributed by atoms with Gasteiger partial charge in [0.15, 0.2) is 11.5 Å². The highest BCUT2D eigenvalue weighted by atomic mass is 19.1. The third kappa shape index (κ3) is 3.71. The van der Waals surface area contributed by atoms with Gasteiger partial charge in [0, 0.05) is 18.7 Å². The van der Waals surface area contributed by atoms with E-state index in [9.17, 15) is 9.18 Å². The van der Waals surface area contributed by atoms with Crippen LogP contribution in [0.3, 0.4) is 0 Å². The third-order valence-electron chi connectivity index (χ3n) is 3.44. The number of nitrogens with zero attached hydrogens (tertiary/aromatic N) is 1. The fraction of sp³-hybridized carbons (Fsp3) is 0.375. The lowest BCUT2D eigenvalue weighted by molar-refractivity contribution is 0.0907. The second-order valence-electron chi connectivity index (χ2n) is 5.39. The molecule has 1 unspecified atom stereocenters. The normalized spacial score (nSPS) is 12.4. The molecule has 1 heterocycles. The van der Waals surface area contributed by atoms with E-state index in [4.69, 9.17) is 9.63 Å². The van der Waals surface area contributed by atoms with Gasteiger partial charge in [0.05, 0.1) is 5.56 Å². The fourth-order valence-electron chi connectivity index (χ4n) is 2.12. The van der Waals surface area contributed by atoms with Gasteiger partial charge in [-0.05, 0) is 24.5 Å². The van der Waals surface area contributed by atoms with Crippen molar-refractivity contribution in [1.29, 1.82) is 0 Å². The number of hydrogen-bond acceptors (Lipinski definition) is 4. The SMILES string of the molecule is CC(C)C(CCO)NC(=O)c1cc(-c2ccccc2F)on1. The topological polar surface area (TPSA) is 75.4 Å². The molecule has 0 bridgehead atoms. The molecule has 0 aliphatic carbocycles. The largest absolute Gasteiger partial charge is 0.396 e. The molecule has 0 saturated heterocycles. The Kier molecular flexibility index (Phi) is 5.27. The van der Waals surface area contributed by atoms with Crippen LogP contribution in [0, 0.1) is 11.7 Å². The number of aliphatic hydroxyl groups excluding tert-OH is 1. The Morgan fingerprint density at radius 1 is 1.41 bits per heavy atom. The first kappa shape index (κ1) is 16.2. The highest BCUT2D eigenvalue weighted by Crippen LogP contribution is 2.23. The third-order valence-corrected chi connectivity index (χ3v) is 3.44. The summed E-state index contributed by atoms with van der Waals surface area (Å²) in [5, 5.41) is 15.5. The zero-order valence-corrected chi connectivity index (χ0v) is 12.5. The molecule has 0 fully saturated rings. The van der Waals surface area contributed by atoms with Gasteiger partial charge in [0.1, 0.15) is 5.82 Å². The molecule has 1 aromatic heterocycles. The predicted molar refractivity (Wildman–Crippen MR) is 79.7 cm³/mol. The van der Waals surface area contributed by atoms with Crippen molar-refractivity contribution < 1.29 is 18.8 Å². The van der Waals surface area contributed by atoms with E-state index < -0.39 is 11.7 Å². The van der Waals surface area contributed by atoms with E-state index in [1.54, 1.807) is 18.2 Å². The van der Waals surface area contributed by atoms with Gasteiger partial charge in [-0.25, -0.2) is 4.39 Å². The molecule has 1 aromatic carbocycles. The van der Waals surface area contributed by atoms with Crippen LogP contribution in [0.5, 0.6) is 0 Å². The number of amides is 1. The Balaban J connectivity index is 2.14. The van der Waals surface area contributed by atoms with Crippen molar-refractivity contribution in [1.82, 2.24) is 10.5 Å². The zero-order chi connectivity index (χ0) is 16.1. The highest BCUT2D eigenvalue weighted by Gasteiger charge is 2.20. The molecule has 2 N–H and O–H groups in total. The van der Waals surface area contributed by atoms with Gasteiger partial charge < -0.3 is 14.9 Å². The maximum atomic E-state index is 13.7. The van der Waals surface area contributed by atoms with Crippen LogP contribution in [0.4, 0.5) is 4.39 Å². The summed E-state index contributed by atoms with van der Waals surface area (Å²) in [6, 6.07) is 7.37. The van der Waals surface area contributed by atoms with E-state index in [-0.39, 0.29) is 35.6 Å². The van der Waals surface area contributed by atoms with Crippen molar-refractivity contribution in [2.45, 2.75) is 26.3 Å². The number of carbonyl (C=O) groups excluding carboxylic acids is 1. The summed E-state index contributed by atoms with van der Waals surface area (Å²) in [6.45, 7) is 3.89. The van der Waals surface area contributed by atoms with Crippen LogP contribution in [0.25, 0.3) is 11.3 Å². The minimum atomic E-state index is -0.439. The number of aliphatic hydroxyl groups is 1. The van der Waals surface area contributed by atoms with E-state index in [1.807, 2.05) is 13.8 Å². The molecule has 1 amide bonds. The lowest BCUT2D eigenvalue weighted by atomic mass is 10.0. The van der Waals surface area contributed by atoms with Crippen molar-refractivity contribution in [3.63, 3.8) is 0 Å². The first-order valence-corrected chi connectivity index (χ1v) is 7.16. The average molecular weight is 306 g/mol. The molecule has 0 aliphatic heterocycles. The molecule has 0 saturated carbocycles. The number of nitrogens with one attached hydrogen (secondary N) is 1. The monoisotopic (exact) mass is 306 g/mol. The summed E-state index contributed by atoms with van der Waals surface area (Å²) < 4.78 is 18.7. The molecular weight excluding hydrogens is 287 g/mol. The van der Waals surface area contributed by atoms with Gasteiger partial charge in [-0.1, -0.05) is 31.1 Å². The number of hydrogen-bond donors (Lipinski definition) is 2. The summed E-state index contributed by atoms with van der Waals surface area (Å²) in [5.41, 5.74) is 0.340. The number of rotatable bonds is 6. The smallest absolute Gasteiger partial charge is 0.273 e. The Hall–Kier alpha value is -2.21. The maximum absolute atomic E-state index is 13.7. The molecule has 2 aromatic rings. The second-order valence-corrected chi connectivity index (χ2v) is 5.39. The van der Waals surface area contributed by atoms with Crippen LogP contribution in [-0.2, 0) is 0 Å². The van der Waals surface area contributed by atoms with E-state index >= 15 is 0 Å². The van der Waals surface area contributed by atoms with Gasteiger partial charge in [0.25, 0.3) is 5.91 Å². The van der Waals surface area contributed by atoms with Gasteiger partial charge in [-0.15, -0.1) is 0 Å². The molecule has 118 valence electrons. The molecule has 5 nitrogen and oxygen atoms in total. The average Bonchev–Trinajstić information content (AvgIpc) is 2.96. The standard InChI is InChI=1S/C16H19FN2O3/c1-10(2)13(7-8-20)18-16(21)14-9-15(22-19-14)11-5-3-4-6-12(11)17/h3-6,9-10,13,20H,7-8H2,1-2H3,(H,18,21). The number of aromatic nitrogens is 1. The molecule has 0 spiro atoms. The van der Waals surface area contributed by atoms with E-state index in [0.717, 1.165) is 0 Å². The van der Waals surface area contributed by atoms with Gasteiger partial charge >= 0.3 is 0 Å². The molecule has 0 aliphatic rings. The summed E-state index contributed by atoms with van der Waals surface area (Å²) in [5.74, 6) is -0.468. The molecule has 6 heteroatoms. The minimum absolute atomic E-state index is 0.0115. The van der Waals surface area contributed by atoms with Crippen LogP contribution in [0.15, 0.2) is 34.9 Å². The Bertz CT molecular complexity index is 640. The first-order valence-electron chi connectivity index (χ1n) is 7.16. The van der Waals surface area contributed by atoms with E-state index in [2.05, 4.69) is 10.5 Å². The van der Waals surface area contributed by atoms with Crippen molar-refractivity contribution in [2.75, 3.05) is 6.61 Å². The first-order chi connectivity index (χ1) is 10.5. The summed E-state index contributed by atoms with van der Waals surface area (Å²) in [4.78, 5) is 12.2. The molecular formula is C16H19FN2O3. The Morgan fingerprint density at radius 3 is 2.77 bits per heavy atom. The second kappa shape index (κ2) is 7.17. The van der Waals surface area contributed by atoms with Crippen LogP contribution in [0.1, 0.15) is 30.8 Å². The molecule has 2 rings (SSSR count). The highest BCUT2D eigenvalue weighted by molar-refractivity contribution is 5.93. The van der Waals surface area contributed by atoms with Crippen LogP contribution >= 0.6 is 0 Å². The molecule has 0 radical (unpaired) electrons. The quantitative estimate of drug-likeness (QED) is 0.860. The van der Waals surface area contributed by atoms with Crippen molar-refractivity contribution >= 4 is 5.91 Å². The zero-order valence-electron chi connectivity index (χ0n) is 12.5. The van der Waals surface area contributed by atoms with Crippen LogP contribution in [0.2, 0.25) is 0 Å². The predicted octanol–water partition coefficient (Wildman–Crippen LogP) is 2.62. The summed E-state index contributed by atoms with van der Waals surface area (Å²) >= 11 is 0. The van der Waals surface area contributed by atoms with Gasteiger partial charge in [-0.2, -0.15) is 0 Å². The summed E-state index contributed by atoms with van der Waals surface area (Å²) in [7, 11) is 0. The Labute approximate surface area is 128 Å². The van der Waals surface area contributed by atoms with Gasteiger partial charge in [-0.3, -0.25) is 4.79 Å². The minimum Gasteiger partial charge on any atom is -0.396 e. The number of carbonyl (C=O) groups is 1. The lowest BCUT2D eigenvalue weighted by Crippen LogP contribution is -2.39. The Morgan fingerprint density at radius 2 is 2.14 bits per heavy atom. The van der Waals surface area contributed by atoms with Crippen LogP contribution < -0.4 is 5.32 Å². The fourth-order valence-corrected chi connectivity index (χ4v) is 2.12. The molecule has 1 atom stereocenters. The maximum Gasteiger partial charge on any atom is 0.273 e. The number of benzene rings is 1. The van der Waals surface area contributed by atoms with Crippen molar-refractivity contribution in [3.05, 3.63) is 41.8 Å². The van der Waals surface area contributed by atoms with Gasteiger partial charge in [0.2, 0.25) is 0 Å². The van der Waals surface area contributed by atoms with E-state index in [0.29, 0.717) is 6.42 Å². The summed E-state index contributed by atoms with van der Waals surface area (Å²) in [6.07, 6.45) is 0.460. The van der Waals surface area contributed by atoms with E-state index in [1.165, 1.54) is 12.1 Å². The number of halogens is 1. The van der Waals surface area contributed by atoms with Crippen molar-refractivity contribution in [2.24, 2.45) is 5.92 Å². The van der Waals surface area contributed by atoms with Crippen LogP contribution in [-0.4, -0.2) is 28.8 Å². The van der Waals surface area contributed by atoms with Crippen molar-refractivity contribution in [3.8, 4) is 11.3 Å². The molecule has 22 heavy (non-hydrogen) atoms. The lowest BCUT2D eigenvalue weighted by Gasteiger charge is -2.20.